The molecular formula is C9H16N4O2S. The molecule has 0 atom stereocenters. The Bertz CT molecular complexity index is 340. The van der Waals surface area contributed by atoms with Gasteiger partial charge in [-0.05, 0) is 31.2 Å². The molecule has 0 aliphatic rings. The van der Waals surface area contributed by atoms with Crippen molar-refractivity contribution >= 4 is 17.7 Å². The highest BCUT2D eigenvalue weighted by Gasteiger charge is 2.08. The molecule has 6 nitrogen and oxygen atoms in total. The second-order valence-corrected chi connectivity index (χ2v) is 4.48. The normalized spacial score (nSPS) is 10.8. The average molecular weight is 244 g/mol. The number of carbonyl (C=O) groups excluding carboxylic acids is 1. The first-order valence-corrected chi connectivity index (χ1v) is 6.20. The van der Waals surface area contributed by atoms with Gasteiger partial charge in [0, 0.05) is 12.3 Å². The fraction of sp³-hybridized carbons (Fsp3) is 0.778. The lowest BCUT2D eigenvalue weighted by molar-refractivity contribution is -0.146. The summed E-state index contributed by atoms with van der Waals surface area (Å²) in [6, 6.07) is 0. The first-order valence-electron chi connectivity index (χ1n) is 5.22. The van der Waals surface area contributed by atoms with Gasteiger partial charge in [0.05, 0.1) is 12.5 Å². The van der Waals surface area contributed by atoms with Crippen LogP contribution in [-0.4, -0.2) is 38.0 Å². The summed E-state index contributed by atoms with van der Waals surface area (Å²) in [4.78, 5) is 11.2. The summed E-state index contributed by atoms with van der Waals surface area (Å²) in [7, 11) is 0. The molecule has 0 N–H and O–H groups in total. The number of aromatic nitrogens is 4. The third-order valence-electron chi connectivity index (χ3n) is 1.70. The van der Waals surface area contributed by atoms with Gasteiger partial charge in [-0.2, -0.15) is 0 Å². The lowest BCUT2D eigenvalue weighted by atomic mass is 10.4. The monoisotopic (exact) mass is 244 g/mol. The van der Waals surface area contributed by atoms with Crippen LogP contribution in [0, 0.1) is 0 Å². The summed E-state index contributed by atoms with van der Waals surface area (Å²) in [6.07, 6.45) is 0.317. The number of hydrogen-bond acceptors (Lipinski definition) is 6. The first-order chi connectivity index (χ1) is 7.63. The van der Waals surface area contributed by atoms with Crippen molar-refractivity contribution < 1.29 is 9.53 Å². The molecule has 0 aliphatic carbocycles. The second kappa shape index (κ2) is 6.47. The lowest BCUT2D eigenvalue weighted by Gasteiger charge is -2.06. The fourth-order valence-electron chi connectivity index (χ4n) is 1.05. The van der Waals surface area contributed by atoms with E-state index in [-0.39, 0.29) is 12.1 Å². The third kappa shape index (κ3) is 4.18. The minimum atomic E-state index is -0.182. The molecule has 0 fully saturated rings. The Hall–Kier alpha value is -1.11. The zero-order valence-electron chi connectivity index (χ0n) is 9.71. The Morgan fingerprint density at radius 3 is 2.94 bits per heavy atom. The molecule has 0 bridgehead atoms. The van der Waals surface area contributed by atoms with Crippen LogP contribution in [0.15, 0.2) is 5.16 Å². The van der Waals surface area contributed by atoms with Gasteiger partial charge in [-0.3, -0.25) is 4.79 Å². The number of nitrogens with zero attached hydrogens (tertiary/aromatic N) is 4. The van der Waals surface area contributed by atoms with E-state index in [1.807, 2.05) is 20.8 Å². The molecular weight excluding hydrogens is 228 g/mol. The number of thioether (sulfide) groups is 1. The van der Waals surface area contributed by atoms with Crippen molar-refractivity contribution in [1.29, 1.82) is 0 Å². The van der Waals surface area contributed by atoms with Crippen LogP contribution in [0.25, 0.3) is 0 Å². The summed E-state index contributed by atoms with van der Waals surface area (Å²) < 4.78 is 6.71. The Labute approximate surface area is 98.7 Å². The maximum Gasteiger partial charge on any atom is 0.306 e. The number of esters is 1. The predicted molar refractivity (Wildman–Crippen MR) is 60.1 cm³/mol. The highest BCUT2D eigenvalue weighted by atomic mass is 32.2. The second-order valence-electron chi connectivity index (χ2n) is 3.41. The molecule has 1 rings (SSSR count). The van der Waals surface area contributed by atoms with E-state index in [1.165, 1.54) is 11.8 Å². The van der Waals surface area contributed by atoms with Gasteiger partial charge in [-0.25, -0.2) is 4.68 Å². The Morgan fingerprint density at radius 1 is 1.56 bits per heavy atom. The van der Waals surface area contributed by atoms with Crippen LogP contribution < -0.4 is 0 Å². The van der Waals surface area contributed by atoms with Crippen LogP contribution in [0.2, 0.25) is 0 Å². The molecule has 0 spiro atoms. The van der Waals surface area contributed by atoms with E-state index < -0.39 is 0 Å². The molecule has 7 heteroatoms. The van der Waals surface area contributed by atoms with Crippen molar-refractivity contribution in [2.24, 2.45) is 0 Å². The molecule has 0 aliphatic heterocycles. The van der Waals surface area contributed by atoms with Gasteiger partial charge in [-0.1, -0.05) is 11.8 Å². The smallest absolute Gasteiger partial charge is 0.306 e. The highest BCUT2D eigenvalue weighted by Crippen LogP contribution is 2.14. The molecule has 1 aromatic rings. The van der Waals surface area contributed by atoms with Crippen LogP contribution in [-0.2, 0) is 16.1 Å². The maximum absolute atomic E-state index is 11.2. The number of carbonyl (C=O) groups is 1. The lowest BCUT2D eigenvalue weighted by Crippen LogP contribution is -2.12. The summed E-state index contributed by atoms with van der Waals surface area (Å²) >= 11 is 1.46. The van der Waals surface area contributed by atoms with E-state index in [0.29, 0.717) is 12.2 Å². The number of tetrazole rings is 1. The standard InChI is InChI=1S/C9H16N4O2S/c1-4-13-9(10-11-12-13)16-6-5-8(14)15-7(2)3/h7H,4-6H2,1-3H3. The van der Waals surface area contributed by atoms with Gasteiger partial charge in [-0.15, -0.1) is 5.10 Å². The molecule has 1 aromatic heterocycles. The van der Waals surface area contributed by atoms with Crippen molar-refractivity contribution in [1.82, 2.24) is 20.2 Å². The third-order valence-corrected chi connectivity index (χ3v) is 2.66. The van der Waals surface area contributed by atoms with Crippen LogP contribution in [0.5, 0.6) is 0 Å². The molecule has 0 aromatic carbocycles. The zero-order valence-corrected chi connectivity index (χ0v) is 10.5. The molecule has 0 unspecified atom stereocenters. The van der Waals surface area contributed by atoms with Gasteiger partial charge in [0.2, 0.25) is 5.16 Å². The minimum absolute atomic E-state index is 0.0570. The van der Waals surface area contributed by atoms with Crippen LogP contribution >= 0.6 is 11.8 Å². The zero-order chi connectivity index (χ0) is 12.0. The van der Waals surface area contributed by atoms with Gasteiger partial charge >= 0.3 is 5.97 Å². The average Bonchev–Trinajstić information content (AvgIpc) is 2.64. The topological polar surface area (TPSA) is 69.9 Å². The quantitative estimate of drug-likeness (QED) is 0.552. The van der Waals surface area contributed by atoms with Gasteiger partial charge in [0.1, 0.15) is 0 Å². The summed E-state index contributed by atoms with van der Waals surface area (Å²) in [5.74, 6) is 0.448. The number of aryl methyl sites for hydroxylation is 1. The Morgan fingerprint density at radius 2 is 2.31 bits per heavy atom. The van der Waals surface area contributed by atoms with Gasteiger partial charge < -0.3 is 4.74 Å². The number of ether oxygens (including phenoxy) is 1. The highest BCUT2D eigenvalue weighted by molar-refractivity contribution is 7.99. The van der Waals surface area contributed by atoms with E-state index in [2.05, 4.69) is 15.5 Å². The van der Waals surface area contributed by atoms with Crippen LogP contribution in [0.4, 0.5) is 0 Å². The Kier molecular flexibility index (Phi) is 5.24. The van der Waals surface area contributed by atoms with Crippen LogP contribution in [0.1, 0.15) is 27.2 Å². The van der Waals surface area contributed by atoms with E-state index in [4.69, 9.17) is 4.74 Å². The summed E-state index contributed by atoms with van der Waals surface area (Å²) in [5.41, 5.74) is 0. The van der Waals surface area contributed by atoms with Gasteiger partial charge in [0.15, 0.2) is 0 Å². The minimum Gasteiger partial charge on any atom is -0.463 e. The fourth-order valence-corrected chi connectivity index (χ4v) is 1.91. The predicted octanol–water partition coefficient (Wildman–Crippen LogP) is 1.13. The molecule has 0 saturated heterocycles. The SMILES string of the molecule is CCn1nnnc1SCCC(=O)OC(C)C. The van der Waals surface area contributed by atoms with E-state index in [9.17, 15) is 4.79 Å². The summed E-state index contributed by atoms with van der Waals surface area (Å²) in [5, 5.41) is 12.0. The van der Waals surface area contributed by atoms with Crippen LogP contribution in [0.3, 0.4) is 0 Å². The maximum atomic E-state index is 11.2. The van der Waals surface area contributed by atoms with Crippen molar-refractivity contribution in [2.75, 3.05) is 5.75 Å². The summed E-state index contributed by atoms with van der Waals surface area (Å²) in [6.45, 7) is 6.37. The van der Waals surface area contributed by atoms with E-state index >= 15 is 0 Å². The molecule has 1 heterocycles. The molecule has 0 amide bonds. The molecule has 16 heavy (non-hydrogen) atoms. The molecule has 90 valence electrons. The molecule has 0 radical (unpaired) electrons. The van der Waals surface area contributed by atoms with E-state index in [1.54, 1.807) is 4.68 Å². The molecule has 0 saturated carbocycles. The van der Waals surface area contributed by atoms with Crippen molar-refractivity contribution in [3.63, 3.8) is 0 Å². The van der Waals surface area contributed by atoms with Gasteiger partial charge in [0.25, 0.3) is 0 Å². The Balaban J connectivity index is 2.28. The number of rotatable bonds is 6. The number of hydrogen-bond donors (Lipinski definition) is 0. The van der Waals surface area contributed by atoms with Crippen molar-refractivity contribution in [3.8, 4) is 0 Å². The first kappa shape index (κ1) is 13.0. The largest absolute Gasteiger partial charge is 0.463 e. The van der Waals surface area contributed by atoms with Crippen molar-refractivity contribution in [3.05, 3.63) is 0 Å². The van der Waals surface area contributed by atoms with E-state index in [0.717, 1.165) is 11.7 Å². The van der Waals surface area contributed by atoms with Crippen molar-refractivity contribution in [2.45, 2.75) is 45.0 Å².